The molecular formula is C15H20ClNO. The van der Waals surface area contributed by atoms with Crippen molar-refractivity contribution in [2.45, 2.75) is 38.2 Å². The minimum Gasteiger partial charge on any atom is -0.489 e. The molecule has 3 rings (SSSR count). The zero-order valence-electron chi connectivity index (χ0n) is 10.6. The molecule has 2 fully saturated rings. The second kappa shape index (κ2) is 5.10. The Kier molecular flexibility index (Phi) is 3.49. The summed E-state index contributed by atoms with van der Waals surface area (Å²) < 4.78 is 6.11. The number of halogens is 1. The maximum absolute atomic E-state index is 6.28. The molecule has 0 saturated heterocycles. The molecule has 0 radical (unpaired) electrons. The summed E-state index contributed by atoms with van der Waals surface area (Å²) in [6.45, 7) is 0.656. The van der Waals surface area contributed by atoms with E-state index in [1.54, 1.807) is 0 Å². The van der Waals surface area contributed by atoms with Gasteiger partial charge in [0.05, 0.1) is 5.02 Å². The maximum Gasteiger partial charge on any atom is 0.138 e. The zero-order valence-corrected chi connectivity index (χ0v) is 11.3. The van der Waals surface area contributed by atoms with Crippen molar-refractivity contribution in [2.75, 3.05) is 6.54 Å². The van der Waals surface area contributed by atoms with E-state index < -0.39 is 0 Å². The van der Waals surface area contributed by atoms with Crippen molar-refractivity contribution in [2.24, 2.45) is 17.6 Å². The Bertz CT molecular complexity index is 435. The number of hydrogen-bond donors (Lipinski definition) is 1. The third kappa shape index (κ3) is 2.36. The summed E-state index contributed by atoms with van der Waals surface area (Å²) in [6.07, 6.45) is 6.56. The van der Waals surface area contributed by atoms with Crippen molar-refractivity contribution < 1.29 is 4.74 Å². The molecule has 98 valence electrons. The first-order valence-corrected chi connectivity index (χ1v) is 7.29. The standard InChI is InChI=1S/C15H20ClNO/c16-13-8-10(5-6-17)2-4-14(13)18-15-9-11-1-3-12(15)7-11/h2,4,8,11-12,15H,1,3,5-7,9,17H2. The summed E-state index contributed by atoms with van der Waals surface area (Å²) in [5.41, 5.74) is 6.73. The van der Waals surface area contributed by atoms with E-state index in [1.165, 1.54) is 31.2 Å². The second-order valence-corrected chi connectivity index (χ2v) is 6.04. The Morgan fingerprint density at radius 1 is 1.28 bits per heavy atom. The van der Waals surface area contributed by atoms with Gasteiger partial charge < -0.3 is 10.5 Å². The van der Waals surface area contributed by atoms with E-state index in [4.69, 9.17) is 22.1 Å². The van der Waals surface area contributed by atoms with Gasteiger partial charge in [0.1, 0.15) is 11.9 Å². The average molecular weight is 266 g/mol. The van der Waals surface area contributed by atoms with Crippen LogP contribution >= 0.6 is 11.6 Å². The Balaban J connectivity index is 1.69. The molecule has 1 aromatic carbocycles. The van der Waals surface area contributed by atoms with E-state index in [0.717, 1.165) is 29.0 Å². The summed E-state index contributed by atoms with van der Waals surface area (Å²) >= 11 is 6.28. The van der Waals surface area contributed by atoms with Gasteiger partial charge in [-0.25, -0.2) is 0 Å². The molecule has 0 spiro atoms. The van der Waals surface area contributed by atoms with Gasteiger partial charge in [0, 0.05) is 0 Å². The van der Waals surface area contributed by atoms with Crippen LogP contribution in [-0.4, -0.2) is 12.6 Å². The fraction of sp³-hybridized carbons (Fsp3) is 0.600. The first-order valence-electron chi connectivity index (χ1n) is 6.91. The van der Waals surface area contributed by atoms with Crippen molar-refractivity contribution >= 4 is 11.6 Å². The highest BCUT2D eigenvalue weighted by Gasteiger charge is 2.41. The highest BCUT2D eigenvalue weighted by Crippen LogP contribution is 2.46. The minimum absolute atomic E-state index is 0.390. The van der Waals surface area contributed by atoms with Gasteiger partial charge in [0.25, 0.3) is 0 Å². The van der Waals surface area contributed by atoms with E-state index in [9.17, 15) is 0 Å². The van der Waals surface area contributed by atoms with Gasteiger partial charge >= 0.3 is 0 Å². The molecule has 2 nitrogen and oxygen atoms in total. The minimum atomic E-state index is 0.390. The Hall–Kier alpha value is -0.730. The fourth-order valence-electron chi connectivity index (χ4n) is 3.46. The molecule has 1 aromatic rings. The smallest absolute Gasteiger partial charge is 0.138 e. The van der Waals surface area contributed by atoms with Crippen LogP contribution in [0.15, 0.2) is 18.2 Å². The quantitative estimate of drug-likeness (QED) is 0.906. The van der Waals surface area contributed by atoms with Crippen LogP contribution in [0, 0.1) is 11.8 Å². The lowest BCUT2D eigenvalue weighted by Gasteiger charge is -2.23. The van der Waals surface area contributed by atoms with Crippen molar-refractivity contribution in [3.63, 3.8) is 0 Å². The first-order chi connectivity index (χ1) is 8.76. The SMILES string of the molecule is NCCc1ccc(OC2CC3CCC2C3)c(Cl)c1. The van der Waals surface area contributed by atoms with Crippen molar-refractivity contribution in [1.29, 1.82) is 0 Å². The molecule has 3 heteroatoms. The van der Waals surface area contributed by atoms with Gasteiger partial charge in [0.15, 0.2) is 0 Å². The van der Waals surface area contributed by atoms with E-state index in [0.29, 0.717) is 12.6 Å². The molecule has 0 aromatic heterocycles. The average Bonchev–Trinajstić information content (AvgIpc) is 2.95. The Morgan fingerprint density at radius 3 is 2.78 bits per heavy atom. The number of nitrogens with two attached hydrogens (primary N) is 1. The van der Waals surface area contributed by atoms with Gasteiger partial charge in [-0.3, -0.25) is 0 Å². The highest BCUT2D eigenvalue weighted by atomic mass is 35.5. The molecule has 18 heavy (non-hydrogen) atoms. The fourth-order valence-corrected chi connectivity index (χ4v) is 3.70. The third-order valence-corrected chi connectivity index (χ3v) is 4.68. The zero-order chi connectivity index (χ0) is 12.5. The highest BCUT2D eigenvalue weighted by molar-refractivity contribution is 6.32. The van der Waals surface area contributed by atoms with Crippen LogP contribution in [0.2, 0.25) is 5.02 Å². The lowest BCUT2D eigenvalue weighted by atomic mass is 9.98. The molecule has 3 unspecified atom stereocenters. The normalized spacial score (nSPS) is 29.8. The summed E-state index contributed by atoms with van der Waals surface area (Å²) in [6, 6.07) is 6.05. The van der Waals surface area contributed by atoms with Gasteiger partial charge in [-0.15, -0.1) is 0 Å². The summed E-state index contributed by atoms with van der Waals surface area (Å²) in [7, 11) is 0. The van der Waals surface area contributed by atoms with Crippen molar-refractivity contribution in [3.05, 3.63) is 28.8 Å². The van der Waals surface area contributed by atoms with Crippen LogP contribution in [0.5, 0.6) is 5.75 Å². The van der Waals surface area contributed by atoms with Crippen LogP contribution in [0.3, 0.4) is 0 Å². The number of fused-ring (bicyclic) bond motifs is 2. The second-order valence-electron chi connectivity index (χ2n) is 5.63. The number of benzene rings is 1. The largest absolute Gasteiger partial charge is 0.489 e. The molecule has 0 heterocycles. The Labute approximate surface area is 113 Å². The van der Waals surface area contributed by atoms with E-state index in [2.05, 4.69) is 6.07 Å². The molecular weight excluding hydrogens is 246 g/mol. The third-order valence-electron chi connectivity index (χ3n) is 4.38. The van der Waals surface area contributed by atoms with E-state index >= 15 is 0 Å². The molecule has 2 aliphatic carbocycles. The number of hydrogen-bond acceptors (Lipinski definition) is 2. The van der Waals surface area contributed by atoms with Crippen LogP contribution in [0.4, 0.5) is 0 Å². The molecule has 0 aliphatic heterocycles. The molecule has 2 bridgehead atoms. The van der Waals surface area contributed by atoms with E-state index in [-0.39, 0.29) is 0 Å². The summed E-state index contributed by atoms with van der Waals surface area (Å²) in [5.74, 6) is 2.50. The van der Waals surface area contributed by atoms with Crippen molar-refractivity contribution in [1.82, 2.24) is 0 Å². The predicted octanol–water partition coefficient (Wildman–Crippen LogP) is 3.41. The predicted molar refractivity (Wildman–Crippen MR) is 74.1 cm³/mol. The molecule has 2 saturated carbocycles. The molecule has 0 amide bonds. The Morgan fingerprint density at radius 2 is 2.17 bits per heavy atom. The van der Waals surface area contributed by atoms with Crippen LogP contribution in [0.1, 0.15) is 31.2 Å². The van der Waals surface area contributed by atoms with Crippen LogP contribution in [-0.2, 0) is 6.42 Å². The summed E-state index contributed by atoms with van der Waals surface area (Å²) in [4.78, 5) is 0. The van der Waals surface area contributed by atoms with Crippen LogP contribution in [0.25, 0.3) is 0 Å². The van der Waals surface area contributed by atoms with Gasteiger partial charge in [0.2, 0.25) is 0 Å². The van der Waals surface area contributed by atoms with Crippen molar-refractivity contribution in [3.8, 4) is 5.75 Å². The number of ether oxygens (including phenoxy) is 1. The first kappa shape index (κ1) is 12.3. The molecule has 2 aliphatic rings. The lowest BCUT2D eigenvalue weighted by molar-refractivity contribution is 0.138. The van der Waals surface area contributed by atoms with Gasteiger partial charge in [-0.2, -0.15) is 0 Å². The molecule has 2 N–H and O–H groups in total. The monoisotopic (exact) mass is 265 g/mol. The number of rotatable bonds is 4. The molecule has 3 atom stereocenters. The summed E-state index contributed by atoms with van der Waals surface area (Å²) in [5, 5.41) is 0.726. The maximum atomic E-state index is 6.28. The van der Waals surface area contributed by atoms with E-state index in [1.807, 2.05) is 12.1 Å². The van der Waals surface area contributed by atoms with Crippen LogP contribution < -0.4 is 10.5 Å². The lowest BCUT2D eigenvalue weighted by Crippen LogP contribution is -2.23. The topological polar surface area (TPSA) is 35.2 Å². The van der Waals surface area contributed by atoms with Gasteiger partial charge in [-0.05, 0) is 68.2 Å². The van der Waals surface area contributed by atoms with Gasteiger partial charge in [-0.1, -0.05) is 17.7 Å².